The Morgan fingerprint density at radius 1 is 1.25 bits per heavy atom. The number of unbranched alkanes of at least 4 members (excludes halogenated alkanes) is 1. The van der Waals surface area contributed by atoms with Gasteiger partial charge in [0.1, 0.15) is 5.54 Å². The first-order chi connectivity index (χ1) is 9.23. The number of carbonyl (C=O) groups is 1. The third kappa shape index (κ3) is 7.25. The van der Waals surface area contributed by atoms with Crippen molar-refractivity contribution in [3.8, 4) is 0 Å². The largest absolute Gasteiger partial charge is 0.465 e. The number of carbonyl (C=O) groups excluding carboxylic acids is 1. The van der Waals surface area contributed by atoms with Crippen molar-refractivity contribution in [1.29, 1.82) is 0 Å². The molecule has 0 rings (SSSR count). The van der Waals surface area contributed by atoms with Crippen LogP contribution in [0.2, 0.25) is 0 Å². The molecule has 0 aromatic rings. The number of rotatable bonds is 10. The Hall–Kier alpha value is -0.610. The number of hydrogen-bond acceptors (Lipinski definition) is 4. The van der Waals surface area contributed by atoms with Crippen molar-refractivity contribution < 1.29 is 9.53 Å². The summed E-state index contributed by atoms with van der Waals surface area (Å²) in [5.41, 5.74) is -0.569. The summed E-state index contributed by atoms with van der Waals surface area (Å²) in [6.07, 6.45) is 2.94. The third-order valence-electron chi connectivity index (χ3n) is 3.65. The quantitative estimate of drug-likeness (QED) is 0.495. The van der Waals surface area contributed by atoms with Crippen molar-refractivity contribution in [3.63, 3.8) is 0 Å². The minimum absolute atomic E-state index is 0.133. The summed E-state index contributed by atoms with van der Waals surface area (Å²) in [4.78, 5) is 14.5. The SMILES string of the molecule is CCOC(=O)C(C)(CCCCN(C)C(C)C)NC(C)C. The fraction of sp³-hybridized carbons (Fsp3) is 0.938. The second-order valence-electron chi connectivity index (χ2n) is 6.38. The van der Waals surface area contributed by atoms with E-state index in [9.17, 15) is 4.79 Å². The van der Waals surface area contributed by atoms with E-state index in [1.54, 1.807) is 0 Å². The van der Waals surface area contributed by atoms with E-state index in [1.807, 2.05) is 13.8 Å². The van der Waals surface area contributed by atoms with Crippen LogP contribution in [0.1, 0.15) is 60.8 Å². The van der Waals surface area contributed by atoms with Crippen molar-refractivity contribution in [2.75, 3.05) is 20.2 Å². The Morgan fingerprint density at radius 3 is 2.30 bits per heavy atom. The van der Waals surface area contributed by atoms with Gasteiger partial charge in [-0.3, -0.25) is 10.1 Å². The zero-order chi connectivity index (χ0) is 15.8. The zero-order valence-electron chi connectivity index (χ0n) is 14.5. The van der Waals surface area contributed by atoms with Crippen LogP contribution in [-0.2, 0) is 9.53 Å². The van der Waals surface area contributed by atoms with Crippen LogP contribution < -0.4 is 5.32 Å². The first-order valence-corrected chi connectivity index (χ1v) is 7.88. The van der Waals surface area contributed by atoms with Gasteiger partial charge in [0.05, 0.1) is 6.61 Å². The summed E-state index contributed by atoms with van der Waals surface area (Å²) >= 11 is 0. The lowest BCUT2D eigenvalue weighted by Gasteiger charge is -2.31. The third-order valence-corrected chi connectivity index (χ3v) is 3.65. The highest BCUT2D eigenvalue weighted by Gasteiger charge is 2.34. The summed E-state index contributed by atoms with van der Waals surface area (Å²) in [5.74, 6) is -0.133. The maximum absolute atomic E-state index is 12.1. The van der Waals surface area contributed by atoms with Crippen LogP contribution >= 0.6 is 0 Å². The van der Waals surface area contributed by atoms with E-state index < -0.39 is 5.54 Å². The number of hydrogen-bond donors (Lipinski definition) is 1. The smallest absolute Gasteiger partial charge is 0.326 e. The molecule has 4 nitrogen and oxygen atoms in total. The molecule has 120 valence electrons. The van der Waals surface area contributed by atoms with Gasteiger partial charge in [-0.05, 0) is 74.4 Å². The Balaban J connectivity index is 4.33. The van der Waals surface area contributed by atoms with E-state index in [4.69, 9.17) is 4.74 Å². The maximum Gasteiger partial charge on any atom is 0.326 e. The van der Waals surface area contributed by atoms with Crippen LogP contribution in [0, 0.1) is 0 Å². The van der Waals surface area contributed by atoms with Crippen LogP contribution in [0.5, 0.6) is 0 Å². The van der Waals surface area contributed by atoms with Gasteiger partial charge in [-0.1, -0.05) is 0 Å². The lowest BCUT2D eigenvalue weighted by atomic mass is 9.93. The van der Waals surface area contributed by atoms with Crippen LogP contribution in [0.15, 0.2) is 0 Å². The molecule has 1 atom stereocenters. The second-order valence-corrected chi connectivity index (χ2v) is 6.38. The highest BCUT2D eigenvalue weighted by Crippen LogP contribution is 2.17. The summed E-state index contributed by atoms with van der Waals surface area (Å²) in [6.45, 7) is 13.8. The molecule has 0 aromatic carbocycles. The van der Waals surface area contributed by atoms with Gasteiger partial charge in [0, 0.05) is 12.1 Å². The minimum Gasteiger partial charge on any atom is -0.465 e. The molecular weight excluding hydrogens is 252 g/mol. The monoisotopic (exact) mass is 286 g/mol. The van der Waals surface area contributed by atoms with E-state index in [2.05, 4.69) is 45.0 Å². The van der Waals surface area contributed by atoms with Crippen molar-refractivity contribution in [1.82, 2.24) is 10.2 Å². The van der Waals surface area contributed by atoms with Gasteiger partial charge in [0.15, 0.2) is 0 Å². The predicted molar refractivity (Wildman–Crippen MR) is 84.9 cm³/mol. The van der Waals surface area contributed by atoms with Gasteiger partial charge in [-0.2, -0.15) is 0 Å². The van der Waals surface area contributed by atoms with E-state index in [-0.39, 0.29) is 12.0 Å². The predicted octanol–water partition coefficient (Wildman–Crippen LogP) is 2.82. The van der Waals surface area contributed by atoms with Crippen molar-refractivity contribution in [2.24, 2.45) is 0 Å². The maximum atomic E-state index is 12.1. The molecule has 0 heterocycles. The highest BCUT2D eigenvalue weighted by atomic mass is 16.5. The van der Waals surface area contributed by atoms with Crippen LogP contribution in [-0.4, -0.2) is 48.7 Å². The molecule has 0 bridgehead atoms. The van der Waals surface area contributed by atoms with Gasteiger partial charge in [-0.15, -0.1) is 0 Å². The van der Waals surface area contributed by atoms with Crippen LogP contribution in [0.25, 0.3) is 0 Å². The molecule has 0 fully saturated rings. The molecule has 0 amide bonds. The molecule has 4 heteroatoms. The Kier molecular flexibility index (Phi) is 9.06. The van der Waals surface area contributed by atoms with Gasteiger partial charge >= 0.3 is 5.97 Å². The molecule has 0 saturated heterocycles. The molecule has 0 aromatic heterocycles. The van der Waals surface area contributed by atoms with Crippen molar-refractivity contribution in [2.45, 2.75) is 78.4 Å². The topological polar surface area (TPSA) is 41.6 Å². The summed E-state index contributed by atoms with van der Waals surface area (Å²) < 4.78 is 5.21. The summed E-state index contributed by atoms with van der Waals surface area (Å²) in [6, 6.07) is 0.836. The number of nitrogens with one attached hydrogen (secondary N) is 1. The Bertz CT molecular complexity index is 280. The first-order valence-electron chi connectivity index (χ1n) is 7.88. The van der Waals surface area contributed by atoms with Gasteiger partial charge in [0.25, 0.3) is 0 Å². The van der Waals surface area contributed by atoms with Crippen LogP contribution in [0.4, 0.5) is 0 Å². The summed E-state index contributed by atoms with van der Waals surface area (Å²) in [5, 5.41) is 3.36. The zero-order valence-corrected chi connectivity index (χ0v) is 14.5. The van der Waals surface area contributed by atoms with Gasteiger partial charge in [-0.25, -0.2) is 0 Å². The Labute approximate surface area is 125 Å². The molecule has 0 radical (unpaired) electrons. The second kappa shape index (κ2) is 9.35. The fourth-order valence-corrected chi connectivity index (χ4v) is 2.26. The lowest BCUT2D eigenvalue weighted by Crippen LogP contribution is -2.53. The van der Waals surface area contributed by atoms with Crippen LogP contribution in [0.3, 0.4) is 0 Å². The van der Waals surface area contributed by atoms with Crippen molar-refractivity contribution in [3.05, 3.63) is 0 Å². The molecule has 0 saturated carbocycles. The Morgan fingerprint density at radius 2 is 1.85 bits per heavy atom. The molecule has 0 aliphatic heterocycles. The normalized spacial score (nSPS) is 14.9. The van der Waals surface area contributed by atoms with Gasteiger partial charge in [0.2, 0.25) is 0 Å². The van der Waals surface area contributed by atoms with E-state index in [1.165, 1.54) is 0 Å². The molecule has 0 aliphatic rings. The average Bonchev–Trinajstić information content (AvgIpc) is 2.33. The standard InChI is InChI=1S/C16H34N2O2/c1-8-20-15(19)16(6,17-13(2)3)11-9-10-12-18(7)14(4)5/h13-14,17H,8-12H2,1-7H3. The number of ether oxygens (including phenoxy) is 1. The summed E-state index contributed by atoms with van der Waals surface area (Å²) in [7, 11) is 2.14. The fourth-order valence-electron chi connectivity index (χ4n) is 2.26. The highest BCUT2D eigenvalue weighted by molar-refractivity contribution is 5.80. The molecule has 20 heavy (non-hydrogen) atoms. The first kappa shape index (κ1) is 19.4. The van der Waals surface area contributed by atoms with Crippen molar-refractivity contribution >= 4 is 5.97 Å². The van der Waals surface area contributed by atoms with E-state index >= 15 is 0 Å². The minimum atomic E-state index is -0.569. The van der Waals surface area contributed by atoms with Gasteiger partial charge < -0.3 is 9.64 Å². The molecule has 0 aliphatic carbocycles. The molecular formula is C16H34N2O2. The molecule has 0 spiro atoms. The average molecular weight is 286 g/mol. The number of nitrogens with zero attached hydrogens (tertiary/aromatic N) is 1. The van der Waals surface area contributed by atoms with E-state index in [0.717, 1.165) is 25.8 Å². The lowest BCUT2D eigenvalue weighted by molar-refractivity contribution is -0.151. The molecule has 1 unspecified atom stereocenters. The van der Waals surface area contributed by atoms with E-state index in [0.29, 0.717) is 12.6 Å². The molecule has 1 N–H and O–H groups in total. The number of esters is 1.